The van der Waals surface area contributed by atoms with Gasteiger partial charge in [-0.15, -0.1) is 0 Å². The van der Waals surface area contributed by atoms with Gasteiger partial charge in [-0.25, -0.2) is 0 Å². The summed E-state index contributed by atoms with van der Waals surface area (Å²) in [5, 5.41) is 3.27. The first kappa shape index (κ1) is 9.20. The minimum absolute atomic E-state index is 0.350. The number of carbonyl (C=O) groups is 1. The van der Waals surface area contributed by atoms with E-state index in [4.69, 9.17) is 0 Å². The van der Waals surface area contributed by atoms with Gasteiger partial charge in [0.1, 0.15) is 5.78 Å². The fraction of sp³-hybridized carbons (Fsp3) is 0.909. The molecule has 2 rings (SSSR count). The van der Waals surface area contributed by atoms with Crippen LogP contribution < -0.4 is 5.32 Å². The molecule has 1 heterocycles. The Morgan fingerprint density at radius 1 is 1.00 bits per heavy atom. The average molecular weight is 181 g/mol. The lowest BCUT2D eigenvalue weighted by atomic mass is 9.81. The predicted octanol–water partition coefficient (Wildman–Crippen LogP) is 1.75. The van der Waals surface area contributed by atoms with Crippen LogP contribution in [0.5, 0.6) is 0 Å². The molecule has 74 valence electrons. The molecule has 13 heavy (non-hydrogen) atoms. The van der Waals surface area contributed by atoms with Crippen LogP contribution in [0.1, 0.15) is 38.5 Å². The van der Waals surface area contributed by atoms with Crippen molar-refractivity contribution >= 4 is 5.78 Å². The van der Waals surface area contributed by atoms with Gasteiger partial charge in [0.15, 0.2) is 0 Å². The van der Waals surface area contributed by atoms with E-state index in [1.54, 1.807) is 0 Å². The molecule has 0 bridgehead atoms. The lowest BCUT2D eigenvalue weighted by Gasteiger charge is -2.22. The smallest absolute Gasteiger partial charge is 0.140 e. The fourth-order valence-corrected chi connectivity index (χ4v) is 2.62. The van der Waals surface area contributed by atoms with Crippen molar-refractivity contribution in [2.75, 3.05) is 13.1 Å². The summed E-state index contributed by atoms with van der Waals surface area (Å²) in [6.45, 7) is 1.98. The van der Waals surface area contributed by atoms with Crippen LogP contribution in [0.15, 0.2) is 0 Å². The average Bonchev–Trinajstić information content (AvgIpc) is 2.71. The molecule has 2 fully saturated rings. The molecule has 2 nitrogen and oxygen atoms in total. The van der Waals surface area contributed by atoms with Crippen LogP contribution in [-0.2, 0) is 4.79 Å². The number of rotatable bonds is 2. The highest BCUT2D eigenvalue weighted by molar-refractivity contribution is 5.84. The molecular formula is C11H19NO. The second-order valence-corrected chi connectivity index (χ2v) is 4.43. The molecule has 0 amide bonds. The van der Waals surface area contributed by atoms with Crippen molar-refractivity contribution in [3.8, 4) is 0 Å². The van der Waals surface area contributed by atoms with E-state index in [1.807, 2.05) is 0 Å². The first-order chi connectivity index (χ1) is 6.38. The molecule has 0 spiro atoms. The summed E-state index contributed by atoms with van der Waals surface area (Å²) < 4.78 is 0. The normalized spacial score (nSPS) is 30.6. The Morgan fingerprint density at radius 2 is 1.77 bits per heavy atom. The van der Waals surface area contributed by atoms with Crippen LogP contribution in [0.4, 0.5) is 0 Å². The molecule has 1 saturated heterocycles. The zero-order valence-corrected chi connectivity index (χ0v) is 8.22. The molecule has 2 heteroatoms. The second-order valence-electron chi connectivity index (χ2n) is 4.43. The second kappa shape index (κ2) is 4.23. The van der Waals surface area contributed by atoms with Gasteiger partial charge < -0.3 is 5.32 Å². The Labute approximate surface area is 80.1 Å². The van der Waals surface area contributed by atoms with Gasteiger partial charge in [0.25, 0.3) is 0 Å². The predicted molar refractivity (Wildman–Crippen MR) is 52.6 cm³/mol. The van der Waals surface area contributed by atoms with Crippen LogP contribution in [0.3, 0.4) is 0 Å². The van der Waals surface area contributed by atoms with Crippen molar-refractivity contribution in [3.05, 3.63) is 0 Å². The molecule has 0 radical (unpaired) electrons. The molecular weight excluding hydrogens is 162 g/mol. The Hall–Kier alpha value is -0.370. The van der Waals surface area contributed by atoms with Crippen LogP contribution >= 0.6 is 0 Å². The van der Waals surface area contributed by atoms with Gasteiger partial charge >= 0.3 is 0 Å². The number of carbonyl (C=O) groups excluding carboxylic acids is 1. The third-order valence-corrected chi connectivity index (χ3v) is 3.47. The minimum Gasteiger partial charge on any atom is -0.316 e. The van der Waals surface area contributed by atoms with Gasteiger partial charge in [-0.1, -0.05) is 19.3 Å². The molecule has 1 aliphatic heterocycles. The molecule has 1 N–H and O–H groups in total. The zero-order valence-electron chi connectivity index (χ0n) is 8.22. The summed E-state index contributed by atoms with van der Waals surface area (Å²) in [7, 11) is 0. The van der Waals surface area contributed by atoms with E-state index < -0.39 is 0 Å². The van der Waals surface area contributed by atoms with Crippen molar-refractivity contribution in [1.29, 1.82) is 0 Å². The first-order valence-corrected chi connectivity index (χ1v) is 5.62. The summed E-state index contributed by atoms with van der Waals surface area (Å²) in [5.41, 5.74) is 0. The van der Waals surface area contributed by atoms with Gasteiger partial charge in [0.2, 0.25) is 0 Å². The van der Waals surface area contributed by atoms with Crippen LogP contribution in [0.2, 0.25) is 0 Å². The molecule has 1 atom stereocenters. The number of Topliss-reactive ketones (excluding diaryl/α,β-unsaturated/α-hetero) is 1. The van der Waals surface area contributed by atoms with Crippen LogP contribution in [-0.4, -0.2) is 18.9 Å². The fourth-order valence-electron chi connectivity index (χ4n) is 2.62. The minimum atomic E-state index is 0.350. The van der Waals surface area contributed by atoms with Crippen LogP contribution in [0, 0.1) is 11.8 Å². The topological polar surface area (TPSA) is 29.1 Å². The Kier molecular flexibility index (Phi) is 2.99. The van der Waals surface area contributed by atoms with E-state index in [9.17, 15) is 4.79 Å². The van der Waals surface area contributed by atoms with Crippen molar-refractivity contribution in [3.63, 3.8) is 0 Å². The molecule has 0 unspecified atom stereocenters. The van der Waals surface area contributed by atoms with Crippen molar-refractivity contribution < 1.29 is 4.79 Å². The summed E-state index contributed by atoms with van der Waals surface area (Å²) in [6.07, 6.45) is 7.29. The number of hydrogen-bond acceptors (Lipinski definition) is 2. The summed E-state index contributed by atoms with van der Waals surface area (Å²) in [6, 6.07) is 0. The largest absolute Gasteiger partial charge is 0.316 e. The monoisotopic (exact) mass is 181 g/mol. The van der Waals surface area contributed by atoms with E-state index in [0.717, 1.165) is 32.4 Å². The summed E-state index contributed by atoms with van der Waals surface area (Å²) in [5.74, 6) is 1.33. The Balaban J connectivity index is 1.87. The highest BCUT2D eigenvalue weighted by atomic mass is 16.1. The Morgan fingerprint density at radius 3 is 2.38 bits per heavy atom. The van der Waals surface area contributed by atoms with Gasteiger partial charge in [0, 0.05) is 18.4 Å². The molecule has 0 aromatic rings. The van der Waals surface area contributed by atoms with Crippen molar-refractivity contribution in [2.24, 2.45) is 11.8 Å². The highest BCUT2D eigenvalue weighted by Crippen LogP contribution is 2.28. The first-order valence-electron chi connectivity index (χ1n) is 5.62. The summed E-state index contributed by atoms with van der Waals surface area (Å²) >= 11 is 0. The van der Waals surface area contributed by atoms with Gasteiger partial charge in [0.05, 0.1) is 0 Å². The van der Waals surface area contributed by atoms with E-state index >= 15 is 0 Å². The van der Waals surface area contributed by atoms with Crippen molar-refractivity contribution in [1.82, 2.24) is 5.32 Å². The standard InChI is InChI=1S/C11H19NO/c13-11(10-6-7-12-8-10)9-4-2-1-3-5-9/h9-10,12H,1-8H2/t10-/m1/s1. The maximum Gasteiger partial charge on any atom is 0.140 e. The van der Waals surface area contributed by atoms with E-state index in [2.05, 4.69) is 5.32 Å². The van der Waals surface area contributed by atoms with E-state index in [1.165, 1.54) is 19.3 Å². The maximum absolute atomic E-state index is 12.0. The van der Waals surface area contributed by atoms with Crippen LogP contribution in [0.25, 0.3) is 0 Å². The number of ketones is 1. The number of hydrogen-bond donors (Lipinski definition) is 1. The number of nitrogens with one attached hydrogen (secondary N) is 1. The zero-order chi connectivity index (χ0) is 9.10. The quantitative estimate of drug-likeness (QED) is 0.703. The summed E-state index contributed by atoms with van der Waals surface area (Å²) in [4.78, 5) is 12.0. The van der Waals surface area contributed by atoms with E-state index in [-0.39, 0.29) is 0 Å². The molecule has 0 aromatic carbocycles. The van der Waals surface area contributed by atoms with Crippen molar-refractivity contribution in [2.45, 2.75) is 38.5 Å². The van der Waals surface area contributed by atoms with E-state index in [0.29, 0.717) is 17.6 Å². The van der Waals surface area contributed by atoms with Gasteiger partial charge in [-0.2, -0.15) is 0 Å². The molecule has 2 aliphatic rings. The van der Waals surface area contributed by atoms with Gasteiger partial charge in [-0.3, -0.25) is 4.79 Å². The SMILES string of the molecule is O=C(C1CCCCC1)[C@@H]1CCNC1. The molecule has 1 saturated carbocycles. The Bertz CT molecular complexity index is 179. The highest BCUT2D eigenvalue weighted by Gasteiger charge is 2.29. The molecule has 1 aliphatic carbocycles. The maximum atomic E-state index is 12.0. The molecule has 0 aromatic heterocycles. The van der Waals surface area contributed by atoms with Gasteiger partial charge in [-0.05, 0) is 25.8 Å². The lowest BCUT2D eigenvalue weighted by Crippen LogP contribution is -2.26. The third kappa shape index (κ3) is 2.11. The third-order valence-electron chi connectivity index (χ3n) is 3.47. The lowest BCUT2D eigenvalue weighted by molar-refractivity contribution is -0.127.